The minimum atomic E-state index is -1.31. The van der Waals surface area contributed by atoms with Crippen LogP contribution in [-0.2, 0) is 4.74 Å². The zero-order valence-electron chi connectivity index (χ0n) is 13.2. The molecule has 2 rings (SSSR count). The van der Waals surface area contributed by atoms with Crippen LogP contribution in [0.2, 0.25) is 0 Å². The van der Waals surface area contributed by atoms with Gasteiger partial charge in [-0.2, -0.15) is 0 Å². The van der Waals surface area contributed by atoms with Gasteiger partial charge in [-0.15, -0.1) is 11.6 Å². The number of halogens is 1. The molecule has 0 saturated heterocycles. The van der Waals surface area contributed by atoms with Crippen LogP contribution in [0.1, 0.15) is 38.3 Å². The summed E-state index contributed by atoms with van der Waals surface area (Å²) in [6.45, 7) is -0.280. The molecule has 1 aliphatic carbocycles. The number of aromatic nitrogens is 2. The number of nitrogens with zero attached hydrogens (tertiary/aromatic N) is 1. The van der Waals surface area contributed by atoms with E-state index in [1.165, 1.54) is 6.20 Å². The molecule has 0 radical (unpaired) electrons. The van der Waals surface area contributed by atoms with E-state index in [-0.39, 0.29) is 18.9 Å². The van der Waals surface area contributed by atoms with Gasteiger partial charge in [0.1, 0.15) is 6.23 Å². The SMILES string of the molecule is O=c1ccn([C@H](O)C[C@H](OC2(O)CCCC2)[C@H](CO)CCl)c(=O)[nH]1. The van der Waals surface area contributed by atoms with Crippen molar-refractivity contribution in [3.63, 3.8) is 0 Å². The Kier molecular flexibility index (Phi) is 6.59. The zero-order valence-corrected chi connectivity index (χ0v) is 14.0. The molecule has 9 heteroatoms. The van der Waals surface area contributed by atoms with Gasteiger partial charge in [-0.05, 0) is 12.8 Å². The maximum Gasteiger partial charge on any atom is 0.330 e. The first-order valence-electron chi connectivity index (χ1n) is 7.95. The van der Waals surface area contributed by atoms with Crippen LogP contribution in [0.25, 0.3) is 0 Å². The summed E-state index contributed by atoms with van der Waals surface area (Å²) in [5.41, 5.74) is -1.31. The van der Waals surface area contributed by atoms with Gasteiger partial charge < -0.3 is 20.1 Å². The quantitative estimate of drug-likeness (QED) is 0.378. The largest absolute Gasteiger partial charge is 0.396 e. The van der Waals surface area contributed by atoms with Crippen LogP contribution in [0.5, 0.6) is 0 Å². The monoisotopic (exact) mass is 362 g/mol. The summed E-state index contributed by atoms with van der Waals surface area (Å²) in [6, 6.07) is 1.12. The van der Waals surface area contributed by atoms with E-state index in [1.54, 1.807) is 0 Å². The van der Waals surface area contributed by atoms with Gasteiger partial charge in [0.2, 0.25) is 0 Å². The number of aliphatic hydroxyl groups excluding tert-OH is 2. The molecule has 1 saturated carbocycles. The highest BCUT2D eigenvalue weighted by Crippen LogP contribution is 2.34. The van der Waals surface area contributed by atoms with Gasteiger partial charge in [-0.3, -0.25) is 14.3 Å². The van der Waals surface area contributed by atoms with E-state index in [0.29, 0.717) is 12.8 Å². The first-order chi connectivity index (χ1) is 11.4. The van der Waals surface area contributed by atoms with Crippen molar-refractivity contribution in [2.75, 3.05) is 12.5 Å². The lowest BCUT2D eigenvalue weighted by molar-refractivity contribution is -0.242. The van der Waals surface area contributed by atoms with E-state index in [1.807, 2.05) is 0 Å². The van der Waals surface area contributed by atoms with Crippen LogP contribution in [-0.4, -0.2) is 49.2 Å². The molecule has 1 aromatic heterocycles. The number of H-pyrrole nitrogens is 1. The lowest BCUT2D eigenvalue weighted by Crippen LogP contribution is -2.41. The molecule has 0 spiro atoms. The standard InChI is InChI=1S/C15H23ClN2O6/c16-8-10(9-19)11(24-15(23)4-1-2-5-15)7-13(21)18-6-3-12(20)17-14(18)22/h3,6,10-11,13,19,21,23H,1-2,4-5,7-9H2,(H,17,20,22)/t10-,11-,13+/m0/s1. The Morgan fingerprint density at radius 2 is 2.04 bits per heavy atom. The number of alkyl halides is 1. The van der Waals surface area contributed by atoms with Crippen LogP contribution in [0.3, 0.4) is 0 Å². The van der Waals surface area contributed by atoms with E-state index in [0.717, 1.165) is 23.5 Å². The van der Waals surface area contributed by atoms with Crippen molar-refractivity contribution in [2.45, 2.75) is 50.2 Å². The first-order valence-corrected chi connectivity index (χ1v) is 8.48. The van der Waals surface area contributed by atoms with Crippen molar-refractivity contribution in [2.24, 2.45) is 5.92 Å². The Labute approximate surface area is 143 Å². The fourth-order valence-corrected chi connectivity index (χ4v) is 3.21. The normalized spacial score (nSPS) is 20.7. The van der Waals surface area contributed by atoms with E-state index in [9.17, 15) is 24.9 Å². The molecule has 24 heavy (non-hydrogen) atoms. The molecule has 136 valence electrons. The molecular weight excluding hydrogens is 340 g/mol. The zero-order chi connectivity index (χ0) is 17.7. The van der Waals surface area contributed by atoms with Crippen molar-refractivity contribution in [3.8, 4) is 0 Å². The number of hydrogen-bond acceptors (Lipinski definition) is 6. The van der Waals surface area contributed by atoms with Crippen LogP contribution in [0, 0.1) is 5.92 Å². The Bertz CT molecular complexity index is 635. The number of ether oxygens (including phenoxy) is 1. The second-order valence-corrected chi connectivity index (χ2v) is 6.45. The highest BCUT2D eigenvalue weighted by molar-refractivity contribution is 6.18. The lowest BCUT2D eigenvalue weighted by atomic mass is 10.0. The van der Waals surface area contributed by atoms with E-state index < -0.39 is 35.3 Å². The van der Waals surface area contributed by atoms with Crippen molar-refractivity contribution < 1.29 is 20.1 Å². The number of nitrogens with one attached hydrogen (secondary N) is 1. The molecule has 3 atom stereocenters. The fraction of sp³-hybridized carbons (Fsp3) is 0.733. The second kappa shape index (κ2) is 8.26. The summed E-state index contributed by atoms with van der Waals surface area (Å²) >= 11 is 5.86. The second-order valence-electron chi connectivity index (χ2n) is 6.14. The van der Waals surface area contributed by atoms with Gasteiger partial charge in [0.05, 0.1) is 6.10 Å². The number of hydrogen-bond donors (Lipinski definition) is 4. The molecule has 0 unspecified atom stereocenters. The van der Waals surface area contributed by atoms with Crippen LogP contribution in [0.4, 0.5) is 0 Å². The molecule has 1 fully saturated rings. The molecule has 1 aromatic rings. The Hall–Kier alpha value is -1.19. The fourth-order valence-electron chi connectivity index (χ4n) is 2.91. The predicted octanol–water partition coefficient (Wildman–Crippen LogP) is -0.0873. The topological polar surface area (TPSA) is 125 Å². The first kappa shape index (κ1) is 19.1. The number of aliphatic hydroxyl groups is 3. The molecule has 4 N–H and O–H groups in total. The number of aromatic amines is 1. The average molecular weight is 363 g/mol. The predicted molar refractivity (Wildman–Crippen MR) is 86.8 cm³/mol. The third-order valence-corrected chi connectivity index (χ3v) is 4.73. The van der Waals surface area contributed by atoms with Crippen LogP contribution >= 0.6 is 11.6 Å². The Morgan fingerprint density at radius 1 is 1.38 bits per heavy atom. The van der Waals surface area contributed by atoms with Gasteiger partial charge in [0, 0.05) is 49.9 Å². The van der Waals surface area contributed by atoms with Gasteiger partial charge in [-0.25, -0.2) is 4.79 Å². The van der Waals surface area contributed by atoms with E-state index in [2.05, 4.69) is 4.98 Å². The van der Waals surface area contributed by atoms with E-state index in [4.69, 9.17) is 16.3 Å². The highest BCUT2D eigenvalue weighted by atomic mass is 35.5. The van der Waals surface area contributed by atoms with Crippen molar-refractivity contribution in [3.05, 3.63) is 33.1 Å². The highest BCUT2D eigenvalue weighted by Gasteiger charge is 2.38. The summed E-state index contributed by atoms with van der Waals surface area (Å²) in [4.78, 5) is 24.9. The van der Waals surface area contributed by atoms with Crippen molar-refractivity contribution in [1.82, 2.24) is 9.55 Å². The molecule has 0 aromatic carbocycles. The van der Waals surface area contributed by atoms with Gasteiger partial charge in [-0.1, -0.05) is 0 Å². The average Bonchev–Trinajstić information content (AvgIpc) is 2.94. The molecule has 0 amide bonds. The minimum absolute atomic E-state index is 0.0633. The molecule has 1 aliphatic rings. The van der Waals surface area contributed by atoms with Crippen molar-refractivity contribution >= 4 is 11.6 Å². The maximum absolute atomic E-state index is 11.8. The molecule has 0 bridgehead atoms. The molecule has 0 aliphatic heterocycles. The maximum atomic E-state index is 11.8. The molecule has 8 nitrogen and oxygen atoms in total. The summed E-state index contributed by atoms with van der Waals surface area (Å²) in [7, 11) is 0. The van der Waals surface area contributed by atoms with E-state index >= 15 is 0 Å². The van der Waals surface area contributed by atoms with Gasteiger partial charge in [0.25, 0.3) is 5.56 Å². The van der Waals surface area contributed by atoms with Crippen molar-refractivity contribution in [1.29, 1.82) is 0 Å². The minimum Gasteiger partial charge on any atom is -0.396 e. The summed E-state index contributed by atoms with van der Waals surface area (Å²) in [6.07, 6.45) is 1.68. The Morgan fingerprint density at radius 3 is 2.58 bits per heavy atom. The van der Waals surface area contributed by atoms with Crippen LogP contribution < -0.4 is 11.2 Å². The summed E-state index contributed by atoms with van der Waals surface area (Å²) in [5, 5.41) is 30.2. The number of rotatable bonds is 8. The third kappa shape index (κ3) is 4.67. The van der Waals surface area contributed by atoms with Crippen LogP contribution in [0.15, 0.2) is 21.9 Å². The Balaban J connectivity index is 2.17. The van der Waals surface area contributed by atoms with Gasteiger partial charge in [0.15, 0.2) is 5.79 Å². The summed E-state index contributed by atoms with van der Waals surface area (Å²) in [5.74, 6) is -1.74. The smallest absolute Gasteiger partial charge is 0.330 e. The van der Waals surface area contributed by atoms with Gasteiger partial charge >= 0.3 is 5.69 Å². The lowest BCUT2D eigenvalue weighted by Gasteiger charge is -2.34. The third-order valence-electron chi connectivity index (χ3n) is 4.33. The summed E-state index contributed by atoms with van der Waals surface area (Å²) < 4.78 is 6.72. The molecule has 1 heterocycles. The molecular formula is C15H23ClN2O6.